The van der Waals surface area contributed by atoms with Crippen LogP contribution in [0.3, 0.4) is 0 Å². The molecule has 1 aromatic rings. The first-order chi connectivity index (χ1) is 8.51. The second-order valence-electron chi connectivity index (χ2n) is 4.06. The number of carbonyl (C=O) groups excluding carboxylic acids is 1. The van der Waals surface area contributed by atoms with Gasteiger partial charge in [0.2, 0.25) is 0 Å². The van der Waals surface area contributed by atoms with Gasteiger partial charge < -0.3 is 4.90 Å². The molecule has 18 heavy (non-hydrogen) atoms. The molecule has 0 fully saturated rings. The van der Waals surface area contributed by atoms with Crippen LogP contribution in [0.2, 0.25) is 5.02 Å². The molecule has 0 N–H and O–H groups in total. The van der Waals surface area contributed by atoms with Gasteiger partial charge in [0.25, 0.3) is 5.91 Å². The van der Waals surface area contributed by atoms with E-state index in [-0.39, 0.29) is 11.9 Å². The lowest BCUT2D eigenvalue weighted by Crippen LogP contribution is -2.38. The summed E-state index contributed by atoms with van der Waals surface area (Å²) in [6.07, 6.45) is 3.01. The van der Waals surface area contributed by atoms with E-state index in [9.17, 15) is 4.79 Å². The summed E-state index contributed by atoms with van der Waals surface area (Å²) >= 11 is 11.0. The standard InChI is InChI=1S/C13H17BrClNOS/c1-4-10(8-18-3)16(2)13(17)11-6-5-9(15)7-12(11)14/h5-7,10H,4,8H2,1-3H3. The number of nitrogens with zero attached hydrogens (tertiary/aromatic N) is 1. The monoisotopic (exact) mass is 349 g/mol. The summed E-state index contributed by atoms with van der Waals surface area (Å²) in [5, 5.41) is 0.622. The number of hydrogen-bond donors (Lipinski definition) is 0. The maximum Gasteiger partial charge on any atom is 0.255 e. The van der Waals surface area contributed by atoms with Gasteiger partial charge in [-0.25, -0.2) is 0 Å². The zero-order chi connectivity index (χ0) is 13.7. The van der Waals surface area contributed by atoms with Crippen LogP contribution in [0.4, 0.5) is 0 Å². The van der Waals surface area contributed by atoms with Gasteiger partial charge in [-0.1, -0.05) is 18.5 Å². The summed E-state index contributed by atoms with van der Waals surface area (Å²) in [5.74, 6) is 0.976. The van der Waals surface area contributed by atoms with Crippen LogP contribution in [0.1, 0.15) is 23.7 Å². The van der Waals surface area contributed by atoms with Crippen LogP contribution in [-0.4, -0.2) is 35.9 Å². The van der Waals surface area contributed by atoms with Gasteiger partial charge in [-0.3, -0.25) is 4.79 Å². The Labute approximate surface area is 126 Å². The average Bonchev–Trinajstić information content (AvgIpc) is 2.34. The minimum atomic E-state index is 0.0273. The van der Waals surface area contributed by atoms with Crippen molar-refractivity contribution in [2.24, 2.45) is 0 Å². The molecule has 0 heterocycles. The molecule has 0 saturated heterocycles. The summed E-state index contributed by atoms with van der Waals surface area (Å²) in [5.41, 5.74) is 0.654. The minimum absolute atomic E-state index is 0.0273. The third-order valence-electron chi connectivity index (χ3n) is 2.86. The third kappa shape index (κ3) is 3.90. The van der Waals surface area contributed by atoms with Gasteiger partial charge in [-0.15, -0.1) is 0 Å². The van der Waals surface area contributed by atoms with E-state index >= 15 is 0 Å². The fraction of sp³-hybridized carbons (Fsp3) is 0.462. The number of rotatable bonds is 5. The van der Waals surface area contributed by atoms with Gasteiger partial charge >= 0.3 is 0 Å². The van der Waals surface area contributed by atoms with Crippen molar-refractivity contribution in [2.45, 2.75) is 19.4 Å². The molecule has 1 unspecified atom stereocenters. The van der Waals surface area contributed by atoms with Gasteiger partial charge in [0, 0.05) is 28.3 Å². The van der Waals surface area contributed by atoms with Gasteiger partial charge in [-0.2, -0.15) is 11.8 Å². The maximum atomic E-state index is 12.4. The molecule has 2 nitrogen and oxygen atoms in total. The van der Waals surface area contributed by atoms with Gasteiger partial charge in [0.1, 0.15) is 0 Å². The van der Waals surface area contributed by atoms with Crippen molar-refractivity contribution < 1.29 is 4.79 Å². The average molecular weight is 351 g/mol. The van der Waals surface area contributed by atoms with Crippen molar-refractivity contribution in [2.75, 3.05) is 19.1 Å². The smallest absolute Gasteiger partial charge is 0.255 e. The van der Waals surface area contributed by atoms with Crippen LogP contribution >= 0.6 is 39.3 Å². The van der Waals surface area contributed by atoms with Crippen molar-refractivity contribution in [1.29, 1.82) is 0 Å². The fourth-order valence-corrected chi connectivity index (χ4v) is 3.41. The Morgan fingerprint density at radius 3 is 2.72 bits per heavy atom. The zero-order valence-electron chi connectivity index (χ0n) is 10.7. The largest absolute Gasteiger partial charge is 0.338 e. The molecule has 0 aliphatic rings. The highest BCUT2D eigenvalue weighted by atomic mass is 79.9. The molecule has 100 valence electrons. The summed E-state index contributed by atoms with van der Waals surface area (Å²) in [4.78, 5) is 14.2. The Hall–Kier alpha value is -0.190. The van der Waals surface area contributed by atoms with E-state index in [2.05, 4.69) is 29.1 Å². The molecule has 0 spiro atoms. The van der Waals surface area contributed by atoms with Crippen LogP contribution in [0.25, 0.3) is 0 Å². The number of amides is 1. The SMILES string of the molecule is CCC(CSC)N(C)C(=O)c1ccc(Cl)cc1Br. The van der Waals surface area contributed by atoms with Crippen molar-refractivity contribution in [3.63, 3.8) is 0 Å². The predicted molar refractivity (Wildman–Crippen MR) is 83.7 cm³/mol. The number of carbonyl (C=O) groups is 1. The number of benzene rings is 1. The first-order valence-electron chi connectivity index (χ1n) is 5.72. The van der Waals surface area contributed by atoms with Gasteiger partial charge in [0.05, 0.1) is 5.56 Å². The summed E-state index contributed by atoms with van der Waals surface area (Å²) in [6, 6.07) is 5.51. The van der Waals surface area contributed by atoms with Crippen LogP contribution < -0.4 is 0 Å². The molecule has 1 aromatic carbocycles. The number of thioether (sulfide) groups is 1. The van der Waals surface area contributed by atoms with E-state index < -0.39 is 0 Å². The third-order valence-corrected chi connectivity index (χ3v) is 4.47. The lowest BCUT2D eigenvalue weighted by molar-refractivity contribution is 0.0742. The molecule has 0 aliphatic carbocycles. The normalized spacial score (nSPS) is 12.3. The Morgan fingerprint density at radius 1 is 1.56 bits per heavy atom. The summed E-state index contributed by atoms with van der Waals surface area (Å²) < 4.78 is 0.742. The fourth-order valence-electron chi connectivity index (χ4n) is 1.71. The zero-order valence-corrected chi connectivity index (χ0v) is 13.9. The van der Waals surface area contributed by atoms with Crippen LogP contribution in [0.5, 0.6) is 0 Å². The minimum Gasteiger partial charge on any atom is -0.338 e. The predicted octanol–water partition coefficient (Wildman–Crippen LogP) is 4.32. The molecule has 0 saturated carbocycles. The van der Waals surface area contributed by atoms with Gasteiger partial charge in [0.15, 0.2) is 0 Å². The Kier molecular flexibility index (Phi) is 6.53. The highest BCUT2D eigenvalue weighted by Crippen LogP contribution is 2.23. The Balaban J connectivity index is 2.91. The Morgan fingerprint density at radius 2 is 2.22 bits per heavy atom. The quantitative estimate of drug-likeness (QED) is 0.788. The van der Waals surface area contributed by atoms with Crippen molar-refractivity contribution in [3.8, 4) is 0 Å². The molecule has 1 atom stereocenters. The molecular weight excluding hydrogens is 334 g/mol. The van der Waals surface area contributed by atoms with E-state index in [1.54, 1.807) is 30.0 Å². The summed E-state index contributed by atoms with van der Waals surface area (Å²) in [6.45, 7) is 2.10. The molecule has 0 aliphatic heterocycles. The first kappa shape index (κ1) is 15.9. The number of halogens is 2. The molecule has 0 bridgehead atoms. The highest BCUT2D eigenvalue weighted by molar-refractivity contribution is 9.10. The lowest BCUT2D eigenvalue weighted by Gasteiger charge is -2.27. The second kappa shape index (κ2) is 7.41. The van der Waals surface area contributed by atoms with E-state index in [1.807, 2.05) is 11.9 Å². The molecule has 1 rings (SSSR count). The maximum absolute atomic E-state index is 12.4. The van der Waals surface area contributed by atoms with E-state index in [1.165, 1.54) is 0 Å². The molecule has 0 aromatic heterocycles. The van der Waals surface area contributed by atoms with Crippen molar-refractivity contribution >= 4 is 45.2 Å². The van der Waals surface area contributed by atoms with Crippen molar-refractivity contribution in [1.82, 2.24) is 4.90 Å². The highest BCUT2D eigenvalue weighted by Gasteiger charge is 2.21. The lowest BCUT2D eigenvalue weighted by atomic mass is 10.1. The molecule has 5 heteroatoms. The van der Waals surface area contributed by atoms with Crippen LogP contribution in [0, 0.1) is 0 Å². The van der Waals surface area contributed by atoms with Gasteiger partial charge in [-0.05, 0) is 46.8 Å². The van der Waals surface area contributed by atoms with Crippen LogP contribution in [0.15, 0.2) is 22.7 Å². The second-order valence-corrected chi connectivity index (χ2v) is 6.26. The van der Waals surface area contributed by atoms with E-state index in [0.29, 0.717) is 10.6 Å². The topological polar surface area (TPSA) is 20.3 Å². The van der Waals surface area contributed by atoms with Crippen molar-refractivity contribution in [3.05, 3.63) is 33.3 Å². The number of hydrogen-bond acceptors (Lipinski definition) is 2. The molecule has 0 radical (unpaired) electrons. The Bertz CT molecular complexity index is 427. The molecular formula is C13H17BrClNOS. The molecule has 1 amide bonds. The first-order valence-corrected chi connectivity index (χ1v) is 8.28. The van der Waals surface area contributed by atoms with Crippen LogP contribution in [-0.2, 0) is 0 Å². The van der Waals surface area contributed by atoms with E-state index in [4.69, 9.17) is 11.6 Å². The summed E-state index contributed by atoms with van der Waals surface area (Å²) in [7, 11) is 1.85. The van der Waals surface area contributed by atoms with E-state index in [0.717, 1.165) is 16.6 Å².